The van der Waals surface area contributed by atoms with Gasteiger partial charge in [0.2, 0.25) is 0 Å². The molecule has 0 aliphatic rings. The van der Waals surface area contributed by atoms with Crippen molar-refractivity contribution in [2.24, 2.45) is 0 Å². The van der Waals surface area contributed by atoms with Gasteiger partial charge in [-0.2, -0.15) is 0 Å². The molecule has 8 rings (SSSR count). The SMILES string of the molecule is CCC(c1ccc(C)cc1-c1cc(C)ccc1C)c1cccc2c1oc1cccc(-c3cccc4oc5ccccc5c34)c12. The Morgan fingerprint density at radius 1 is 0.500 bits per heavy atom. The Morgan fingerprint density at radius 2 is 1.11 bits per heavy atom. The lowest BCUT2D eigenvalue weighted by Gasteiger charge is -2.22. The van der Waals surface area contributed by atoms with Crippen LogP contribution in [0.15, 0.2) is 124 Å². The highest BCUT2D eigenvalue weighted by Crippen LogP contribution is 2.45. The second-order valence-corrected chi connectivity index (χ2v) is 12.2. The summed E-state index contributed by atoms with van der Waals surface area (Å²) in [7, 11) is 0. The first-order valence-corrected chi connectivity index (χ1v) is 15.5. The van der Waals surface area contributed by atoms with Gasteiger partial charge in [-0.3, -0.25) is 0 Å². The van der Waals surface area contributed by atoms with Gasteiger partial charge in [-0.05, 0) is 78.8 Å². The average Bonchev–Trinajstić information content (AvgIpc) is 3.62. The van der Waals surface area contributed by atoms with E-state index >= 15 is 0 Å². The molecule has 1 unspecified atom stereocenters. The summed E-state index contributed by atoms with van der Waals surface area (Å²) in [5, 5.41) is 4.57. The van der Waals surface area contributed by atoms with Crippen LogP contribution >= 0.6 is 0 Å². The van der Waals surface area contributed by atoms with E-state index in [0.717, 1.165) is 61.4 Å². The lowest BCUT2D eigenvalue weighted by Crippen LogP contribution is -2.04. The second-order valence-electron chi connectivity index (χ2n) is 12.2. The minimum absolute atomic E-state index is 0.180. The van der Waals surface area contributed by atoms with Gasteiger partial charge >= 0.3 is 0 Å². The van der Waals surface area contributed by atoms with Crippen LogP contribution in [0.1, 0.15) is 47.1 Å². The maximum atomic E-state index is 6.82. The molecule has 0 fully saturated rings. The number of hydrogen-bond acceptors (Lipinski definition) is 2. The Hall–Kier alpha value is -5.08. The second kappa shape index (κ2) is 10.3. The van der Waals surface area contributed by atoms with Gasteiger partial charge in [0, 0.05) is 33.0 Å². The van der Waals surface area contributed by atoms with Crippen LogP contribution < -0.4 is 0 Å². The Morgan fingerprint density at radius 3 is 1.89 bits per heavy atom. The lowest BCUT2D eigenvalue weighted by atomic mass is 9.82. The number of aryl methyl sites for hydroxylation is 3. The van der Waals surface area contributed by atoms with Crippen molar-refractivity contribution >= 4 is 43.9 Å². The predicted octanol–water partition coefficient (Wildman–Crippen LogP) is 12.3. The summed E-state index contributed by atoms with van der Waals surface area (Å²) in [6.45, 7) is 8.86. The number of rotatable bonds is 5. The van der Waals surface area contributed by atoms with Gasteiger partial charge < -0.3 is 8.83 Å². The van der Waals surface area contributed by atoms with Gasteiger partial charge in [0.25, 0.3) is 0 Å². The molecule has 0 N–H and O–H groups in total. The van der Waals surface area contributed by atoms with Crippen molar-refractivity contribution in [2.75, 3.05) is 0 Å². The largest absolute Gasteiger partial charge is 0.456 e. The summed E-state index contributed by atoms with van der Waals surface area (Å²) in [5.41, 5.74) is 15.0. The fourth-order valence-corrected chi connectivity index (χ4v) is 7.21. The van der Waals surface area contributed by atoms with E-state index in [1.54, 1.807) is 0 Å². The molecule has 0 spiro atoms. The monoisotopic (exact) mass is 570 g/mol. The molecular weight excluding hydrogens is 536 g/mol. The molecule has 44 heavy (non-hydrogen) atoms. The molecule has 0 aliphatic carbocycles. The van der Waals surface area contributed by atoms with Crippen molar-refractivity contribution in [3.8, 4) is 22.3 Å². The zero-order valence-electron chi connectivity index (χ0n) is 25.6. The van der Waals surface area contributed by atoms with Crippen molar-refractivity contribution in [1.82, 2.24) is 0 Å². The predicted molar refractivity (Wildman–Crippen MR) is 185 cm³/mol. The van der Waals surface area contributed by atoms with Gasteiger partial charge in [-0.15, -0.1) is 0 Å². The van der Waals surface area contributed by atoms with E-state index in [0.29, 0.717) is 0 Å². The third kappa shape index (κ3) is 4.09. The number of furan rings is 2. The highest BCUT2D eigenvalue weighted by atomic mass is 16.3. The summed E-state index contributed by atoms with van der Waals surface area (Å²) in [6, 6.07) is 41.5. The van der Waals surface area contributed by atoms with E-state index in [-0.39, 0.29) is 5.92 Å². The molecule has 2 heterocycles. The summed E-state index contributed by atoms with van der Waals surface area (Å²) in [4.78, 5) is 0. The molecule has 0 bridgehead atoms. The molecule has 0 amide bonds. The molecule has 8 aromatic rings. The quantitative estimate of drug-likeness (QED) is 0.206. The molecule has 2 aromatic heterocycles. The van der Waals surface area contributed by atoms with Crippen LogP contribution in [-0.4, -0.2) is 0 Å². The average molecular weight is 571 g/mol. The molecule has 0 radical (unpaired) electrons. The maximum Gasteiger partial charge on any atom is 0.139 e. The zero-order chi connectivity index (χ0) is 29.9. The first-order chi connectivity index (χ1) is 21.5. The highest BCUT2D eigenvalue weighted by Gasteiger charge is 2.24. The number of fused-ring (bicyclic) bond motifs is 6. The minimum Gasteiger partial charge on any atom is -0.456 e. The summed E-state index contributed by atoms with van der Waals surface area (Å²) < 4.78 is 13.1. The lowest BCUT2D eigenvalue weighted by molar-refractivity contribution is 0.652. The van der Waals surface area contributed by atoms with Crippen molar-refractivity contribution in [1.29, 1.82) is 0 Å². The van der Waals surface area contributed by atoms with E-state index in [4.69, 9.17) is 8.83 Å². The van der Waals surface area contributed by atoms with Gasteiger partial charge in [0.05, 0.1) is 0 Å². The maximum absolute atomic E-state index is 6.82. The first kappa shape index (κ1) is 26.5. The van der Waals surface area contributed by atoms with E-state index in [9.17, 15) is 0 Å². The van der Waals surface area contributed by atoms with Crippen LogP contribution in [0.4, 0.5) is 0 Å². The fraction of sp³-hybridized carbons (Fsp3) is 0.143. The van der Waals surface area contributed by atoms with E-state index in [2.05, 4.69) is 131 Å². The zero-order valence-corrected chi connectivity index (χ0v) is 25.6. The van der Waals surface area contributed by atoms with Gasteiger partial charge in [0.1, 0.15) is 22.3 Å². The van der Waals surface area contributed by atoms with E-state index in [1.807, 2.05) is 12.1 Å². The van der Waals surface area contributed by atoms with Crippen LogP contribution in [0.25, 0.3) is 66.1 Å². The molecule has 0 saturated heterocycles. The van der Waals surface area contributed by atoms with Crippen molar-refractivity contribution in [3.05, 3.63) is 143 Å². The number of para-hydroxylation sites is 2. The Balaban J connectivity index is 1.37. The first-order valence-electron chi connectivity index (χ1n) is 15.5. The molecule has 1 atom stereocenters. The van der Waals surface area contributed by atoms with E-state index < -0.39 is 0 Å². The van der Waals surface area contributed by atoms with Crippen molar-refractivity contribution in [2.45, 2.75) is 40.0 Å². The van der Waals surface area contributed by atoms with Gasteiger partial charge in [-0.25, -0.2) is 0 Å². The van der Waals surface area contributed by atoms with Crippen LogP contribution in [-0.2, 0) is 0 Å². The van der Waals surface area contributed by atoms with E-state index in [1.165, 1.54) is 38.9 Å². The highest BCUT2D eigenvalue weighted by molar-refractivity contribution is 6.19. The number of hydrogen-bond donors (Lipinski definition) is 0. The normalized spacial score (nSPS) is 12.5. The summed E-state index contributed by atoms with van der Waals surface area (Å²) in [6.07, 6.45) is 0.963. The summed E-state index contributed by atoms with van der Waals surface area (Å²) in [5.74, 6) is 0.180. The van der Waals surface area contributed by atoms with Crippen LogP contribution in [0.2, 0.25) is 0 Å². The molecule has 0 aliphatic heterocycles. The summed E-state index contributed by atoms with van der Waals surface area (Å²) >= 11 is 0. The van der Waals surface area contributed by atoms with Crippen LogP contribution in [0, 0.1) is 20.8 Å². The fourth-order valence-electron chi connectivity index (χ4n) is 7.21. The Kier molecular flexibility index (Phi) is 6.20. The van der Waals surface area contributed by atoms with Crippen LogP contribution in [0.3, 0.4) is 0 Å². The molecule has 2 nitrogen and oxygen atoms in total. The molecule has 0 saturated carbocycles. The molecule has 2 heteroatoms. The van der Waals surface area contributed by atoms with Gasteiger partial charge in [0.15, 0.2) is 0 Å². The van der Waals surface area contributed by atoms with Crippen LogP contribution in [0.5, 0.6) is 0 Å². The van der Waals surface area contributed by atoms with Crippen molar-refractivity contribution < 1.29 is 8.83 Å². The third-order valence-corrected chi connectivity index (χ3v) is 9.30. The Labute approximate surface area is 257 Å². The molecular formula is C42H34O2. The molecule has 6 aromatic carbocycles. The smallest absolute Gasteiger partial charge is 0.139 e. The molecule has 214 valence electrons. The van der Waals surface area contributed by atoms with Crippen molar-refractivity contribution in [3.63, 3.8) is 0 Å². The number of benzene rings is 6. The third-order valence-electron chi connectivity index (χ3n) is 9.30. The Bertz CT molecular complexity index is 2360. The topological polar surface area (TPSA) is 26.3 Å². The minimum atomic E-state index is 0.180. The van der Waals surface area contributed by atoms with Gasteiger partial charge in [-0.1, -0.05) is 115 Å². The standard InChI is InChI=1S/C42H34O2/c1-5-28(29-22-20-26(3)24-36(29)35-23-25(2)19-21-27(35)4)32-14-8-15-34-41-31(13-10-18-39(41)44-42(32)34)30-12-9-17-38-40(30)33-11-6-7-16-37(33)43-38/h6-24,28H,5H2,1-4H3.